The molecule has 7 heteroatoms. The molecule has 3 aromatic heterocycles. The summed E-state index contributed by atoms with van der Waals surface area (Å²) in [6.45, 7) is 18.3. The molecule has 1 saturated heterocycles. The molecule has 1 N–H and O–H groups in total. The molecular formula is C31H44N4O3. The van der Waals surface area contributed by atoms with Gasteiger partial charge in [0, 0.05) is 47.5 Å². The average molecular weight is 521 g/mol. The molecule has 0 saturated carbocycles. The summed E-state index contributed by atoms with van der Waals surface area (Å²) in [6, 6.07) is 5.72. The number of H-pyrrole nitrogens is 1. The zero-order valence-electron chi connectivity index (χ0n) is 24.4. The molecule has 0 amide bonds. The number of aryl methyl sites for hydroxylation is 2. The third-order valence-corrected chi connectivity index (χ3v) is 8.11. The quantitative estimate of drug-likeness (QED) is 0.389. The summed E-state index contributed by atoms with van der Waals surface area (Å²) in [4.78, 5) is 31.7. The van der Waals surface area contributed by atoms with E-state index in [1.54, 1.807) is 7.11 Å². The summed E-state index contributed by atoms with van der Waals surface area (Å²) in [5.74, 6) is 1.35. The number of hydrogen-bond donors (Lipinski definition) is 1. The second kappa shape index (κ2) is 11.0. The maximum absolute atomic E-state index is 13.7. The molecule has 7 nitrogen and oxygen atoms in total. The van der Waals surface area contributed by atoms with Crippen LogP contribution in [0.25, 0.3) is 5.52 Å². The van der Waals surface area contributed by atoms with Gasteiger partial charge in [-0.15, -0.1) is 5.10 Å². The zero-order valence-corrected chi connectivity index (χ0v) is 24.4. The van der Waals surface area contributed by atoms with Crippen molar-refractivity contribution in [1.82, 2.24) is 19.5 Å². The van der Waals surface area contributed by atoms with Crippen LogP contribution in [0.3, 0.4) is 0 Å². The van der Waals surface area contributed by atoms with E-state index in [9.17, 15) is 9.59 Å². The van der Waals surface area contributed by atoms with E-state index >= 15 is 0 Å². The molecule has 1 atom stereocenters. The molecule has 1 aliphatic heterocycles. The van der Waals surface area contributed by atoms with Gasteiger partial charge in [-0.05, 0) is 87.7 Å². The minimum Gasteiger partial charge on any atom is -0.480 e. The molecule has 4 rings (SSSR count). The summed E-state index contributed by atoms with van der Waals surface area (Å²) >= 11 is 0. The van der Waals surface area contributed by atoms with Gasteiger partial charge >= 0.3 is 0 Å². The van der Waals surface area contributed by atoms with Gasteiger partial charge in [-0.2, -0.15) is 0 Å². The highest BCUT2D eigenvalue weighted by Crippen LogP contribution is 2.38. The summed E-state index contributed by atoms with van der Waals surface area (Å²) < 4.78 is 7.39. The lowest BCUT2D eigenvalue weighted by Crippen LogP contribution is -2.40. The lowest BCUT2D eigenvalue weighted by Gasteiger charge is -2.38. The number of ether oxygens (including phenoxy) is 1. The van der Waals surface area contributed by atoms with Gasteiger partial charge in [-0.25, -0.2) is 4.52 Å². The minimum absolute atomic E-state index is 0.0461. The number of nitrogens with zero attached hydrogens (tertiary/aromatic N) is 3. The minimum atomic E-state index is -0.104. The lowest BCUT2D eigenvalue weighted by atomic mass is 9.81. The van der Waals surface area contributed by atoms with Crippen LogP contribution in [0, 0.1) is 32.1 Å². The molecule has 4 heterocycles. The van der Waals surface area contributed by atoms with E-state index in [2.05, 4.69) is 44.5 Å². The van der Waals surface area contributed by atoms with Gasteiger partial charge in [0.2, 0.25) is 5.88 Å². The Bertz CT molecular complexity index is 1370. The number of piperidine rings is 1. The summed E-state index contributed by atoms with van der Waals surface area (Å²) in [6.07, 6.45) is 2.95. The number of likely N-dealkylation sites (tertiary alicyclic amines) is 1. The SMILES string of the molecule is COc1ccc2c(C(=O)CCc3c(C)cc(C)[nH]c3=O)c(C)c(C(C)C3CCN(CC(C)(C)C)CC3)n2n1. The number of Topliss-reactive ketones (excluding diaryl/α,β-unsaturated/α-hetero) is 1. The first-order valence-electron chi connectivity index (χ1n) is 13.9. The molecule has 38 heavy (non-hydrogen) atoms. The largest absolute Gasteiger partial charge is 0.480 e. The number of ketones is 1. The molecule has 3 aromatic rings. The number of pyridine rings is 1. The van der Waals surface area contributed by atoms with Crippen LogP contribution in [0.15, 0.2) is 23.0 Å². The second-order valence-corrected chi connectivity index (χ2v) is 12.4. The van der Waals surface area contributed by atoms with Gasteiger partial charge in [0.25, 0.3) is 5.56 Å². The molecule has 0 spiro atoms. The van der Waals surface area contributed by atoms with Crippen molar-refractivity contribution in [1.29, 1.82) is 0 Å². The lowest BCUT2D eigenvalue weighted by molar-refractivity contribution is 0.0983. The monoisotopic (exact) mass is 520 g/mol. The fraction of sp³-hybridized carbons (Fsp3) is 0.581. The van der Waals surface area contributed by atoms with Crippen molar-refractivity contribution in [2.45, 2.75) is 80.1 Å². The first-order valence-corrected chi connectivity index (χ1v) is 13.9. The number of aromatic nitrogens is 3. The molecule has 0 radical (unpaired) electrons. The number of rotatable bonds is 8. The Balaban J connectivity index is 1.63. The number of aromatic amines is 1. The van der Waals surface area contributed by atoms with Gasteiger partial charge in [0.1, 0.15) is 0 Å². The van der Waals surface area contributed by atoms with Gasteiger partial charge in [-0.1, -0.05) is 27.7 Å². The Morgan fingerprint density at radius 2 is 1.87 bits per heavy atom. The first-order chi connectivity index (χ1) is 17.9. The Labute approximate surface area is 226 Å². The van der Waals surface area contributed by atoms with Gasteiger partial charge in [-0.3, -0.25) is 9.59 Å². The van der Waals surface area contributed by atoms with Crippen LogP contribution in [0.2, 0.25) is 0 Å². The Kier molecular flexibility index (Phi) is 8.17. The van der Waals surface area contributed by atoms with E-state index in [0.29, 0.717) is 34.8 Å². The number of fused-ring (bicyclic) bond motifs is 1. The Hall–Kier alpha value is -2.93. The second-order valence-electron chi connectivity index (χ2n) is 12.4. The maximum atomic E-state index is 13.7. The molecule has 0 aliphatic carbocycles. The van der Waals surface area contributed by atoms with Crippen molar-refractivity contribution < 1.29 is 9.53 Å². The number of hydrogen-bond acceptors (Lipinski definition) is 5. The van der Waals surface area contributed by atoms with Crippen molar-refractivity contribution >= 4 is 11.3 Å². The molecule has 1 fully saturated rings. The fourth-order valence-corrected chi connectivity index (χ4v) is 6.31. The van der Waals surface area contributed by atoms with Gasteiger partial charge in [0.05, 0.1) is 12.6 Å². The first kappa shape index (κ1) is 28.1. The predicted octanol–water partition coefficient (Wildman–Crippen LogP) is 5.63. The van der Waals surface area contributed by atoms with E-state index < -0.39 is 0 Å². The predicted molar refractivity (Wildman–Crippen MR) is 153 cm³/mol. The van der Waals surface area contributed by atoms with Crippen LogP contribution in [-0.4, -0.2) is 52.0 Å². The van der Waals surface area contributed by atoms with Crippen LogP contribution in [0.5, 0.6) is 5.88 Å². The molecule has 0 aromatic carbocycles. The molecular weight excluding hydrogens is 476 g/mol. The zero-order chi connectivity index (χ0) is 27.8. The van der Waals surface area contributed by atoms with E-state index in [-0.39, 0.29) is 23.7 Å². The third-order valence-electron chi connectivity index (χ3n) is 8.11. The van der Waals surface area contributed by atoms with Crippen LogP contribution in [-0.2, 0) is 6.42 Å². The van der Waals surface area contributed by atoms with Crippen molar-refractivity contribution in [3.63, 3.8) is 0 Å². The maximum Gasteiger partial charge on any atom is 0.251 e. The van der Waals surface area contributed by atoms with E-state index in [1.807, 2.05) is 36.6 Å². The summed E-state index contributed by atoms with van der Waals surface area (Å²) in [5, 5.41) is 4.77. The Morgan fingerprint density at radius 1 is 1.18 bits per heavy atom. The average Bonchev–Trinajstić information content (AvgIpc) is 3.13. The summed E-state index contributed by atoms with van der Waals surface area (Å²) in [7, 11) is 1.62. The molecule has 1 aliphatic rings. The normalized spacial score (nSPS) is 16.2. The number of methoxy groups -OCH3 is 1. The highest BCUT2D eigenvalue weighted by atomic mass is 16.5. The summed E-state index contributed by atoms with van der Waals surface area (Å²) in [5.41, 5.74) is 6.26. The van der Waals surface area contributed by atoms with Crippen LogP contribution in [0.1, 0.15) is 91.3 Å². The van der Waals surface area contributed by atoms with E-state index in [1.165, 1.54) is 0 Å². The Morgan fingerprint density at radius 3 is 2.47 bits per heavy atom. The van der Waals surface area contributed by atoms with Gasteiger partial charge in [0.15, 0.2) is 5.78 Å². The van der Waals surface area contributed by atoms with Crippen molar-refractivity contribution in [3.8, 4) is 5.88 Å². The van der Waals surface area contributed by atoms with Gasteiger partial charge < -0.3 is 14.6 Å². The molecule has 206 valence electrons. The van der Waals surface area contributed by atoms with E-state index in [4.69, 9.17) is 9.84 Å². The third kappa shape index (κ3) is 5.88. The van der Waals surface area contributed by atoms with Crippen LogP contribution < -0.4 is 10.3 Å². The molecule has 0 bridgehead atoms. The van der Waals surface area contributed by atoms with Crippen LogP contribution >= 0.6 is 0 Å². The standard InChI is InChI=1S/C31H44N4O3/c1-19-17-20(2)32-30(37)24(19)9-11-26(36)28-22(4)29(35-25(28)10-12-27(33-35)38-8)21(3)23-13-15-34(16-14-23)18-31(5,6)7/h10,12,17,21,23H,9,11,13-16,18H2,1-8H3,(H,32,37). The number of carbonyl (C=O) groups excluding carboxylic acids is 1. The highest BCUT2D eigenvalue weighted by molar-refractivity contribution is 6.04. The van der Waals surface area contributed by atoms with E-state index in [0.717, 1.165) is 60.5 Å². The van der Waals surface area contributed by atoms with Crippen molar-refractivity contribution in [3.05, 3.63) is 62.2 Å². The number of nitrogens with one attached hydrogen (secondary N) is 1. The number of carbonyl (C=O) groups is 1. The van der Waals surface area contributed by atoms with Crippen molar-refractivity contribution in [2.75, 3.05) is 26.7 Å². The topological polar surface area (TPSA) is 79.7 Å². The highest BCUT2D eigenvalue weighted by Gasteiger charge is 2.32. The van der Waals surface area contributed by atoms with Crippen LogP contribution in [0.4, 0.5) is 0 Å². The van der Waals surface area contributed by atoms with Crippen molar-refractivity contribution in [2.24, 2.45) is 11.3 Å². The fourth-order valence-electron chi connectivity index (χ4n) is 6.31. The smallest absolute Gasteiger partial charge is 0.251 e. The molecule has 1 unspecified atom stereocenters.